The molecular formula is C16H18FNO3. The van der Waals surface area contributed by atoms with E-state index in [0.717, 1.165) is 11.1 Å². The summed E-state index contributed by atoms with van der Waals surface area (Å²) < 4.78 is 13.1. The van der Waals surface area contributed by atoms with Crippen molar-refractivity contribution < 1.29 is 19.1 Å². The van der Waals surface area contributed by atoms with E-state index in [1.165, 1.54) is 18.2 Å². The van der Waals surface area contributed by atoms with Gasteiger partial charge in [0.25, 0.3) is 0 Å². The standard InChI is InChI=1S/C16H18FNO3/c1-9-6-13(14(16(20)21)7-10(9)2)15(19)18-12-5-3-4-11(17)8-12/h3-5,8,13-14H,6-7H2,1-2H3,(H,18,19)(H,20,21)/t13-,14-/m1/s1. The molecule has 0 spiro atoms. The van der Waals surface area contributed by atoms with Crippen LogP contribution in [-0.2, 0) is 9.59 Å². The third-order valence-corrected chi connectivity index (χ3v) is 4.01. The molecule has 4 nitrogen and oxygen atoms in total. The minimum absolute atomic E-state index is 0.341. The number of carbonyl (C=O) groups excluding carboxylic acids is 1. The second-order valence-electron chi connectivity index (χ2n) is 5.52. The van der Waals surface area contributed by atoms with Crippen LogP contribution < -0.4 is 5.32 Å². The smallest absolute Gasteiger partial charge is 0.307 e. The highest BCUT2D eigenvalue weighted by Gasteiger charge is 2.37. The molecule has 0 unspecified atom stereocenters. The van der Waals surface area contributed by atoms with E-state index in [9.17, 15) is 19.1 Å². The lowest BCUT2D eigenvalue weighted by Gasteiger charge is -2.29. The Morgan fingerprint density at radius 2 is 1.81 bits per heavy atom. The SMILES string of the molecule is CC1=C(C)C[C@@H](C(=O)Nc2cccc(F)c2)[C@H](C(=O)O)C1. The van der Waals surface area contributed by atoms with Gasteiger partial charge in [0, 0.05) is 5.69 Å². The largest absolute Gasteiger partial charge is 0.481 e. The van der Waals surface area contributed by atoms with Crippen LogP contribution in [0.25, 0.3) is 0 Å². The summed E-state index contributed by atoms with van der Waals surface area (Å²) in [7, 11) is 0. The van der Waals surface area contributed by atoms with E-state index in [1.807, 2.05) is 13.8 Å². The number of hydrogen-bond acceptors (Lipinski definition) is 2. The van der Waals surface area contributed by atoms with Gasteiger partial charge in [0.1, 0.15) is 5.82 Å². The highest BCUT2D eigenvalue weighted by atomic mass is 19.1. The number of carbonyl (C=O) groups is 2. The number of allylic oxidation sites excluding steroid dienone is 2. The summed E-state index contributed by atoms with van der Waals surface area (Å²) >= 11 is 0. The summed E-state index contributed by atoms with van der Waals surface area (Å²) in [5.41, 5.74) is 2.41. The highest BCUT2D eigenvalue weighted by Crippen LogP contribution is 2.35. The normalized spacial score (nSPS) is 22.0. The molecule has 0 bridgehead atoms. The van der Waals surface area contributed by atoms with Crippen molar-refractivity contribution in [1.82, 2.24) is 0 Å². The molecule has 2 N–H and O–H groups in total. The second-order valence-corrected chi connectivity index (χ2v) is 5.52. The summed E-state index contributed by atoms with van der Waals surface area (Å²) in [6, 6.07) is 5.57. The number of carboxylic acid groups (broad SMARTS) is 1. The fraction of sp³-hybridized carbons (Fsp3) is 0.375. The number of hydrogen-bond donors (Lipinski definition) is 2. The first-order valence-electron chi connectivity index (χ1n) is 6.83. The molecule has 0 heterocycles. The molecule has 21 heavy (non-hydrogen) atoms. The highest BCUT2D eigenvalue weighted by molar-refractivity contribution is 5.95. The van der Waals surface area contributed by atoms with Crippen molar-refractivity contribution in [2.45, 2.75) is 26.7 Å². The topological polar surface area (TPSA) is 66.4 Å². The fourth-order valence-electron chi connectivity index (χ4n) is 2.63. The predicted molar refractivity (Wildman–Crippen MR) is 77.3 cm³/mol. The summed E-state index contributed by atoms with van der Waals surface area (Å²) in [6.07, 6.45) is 0.798. The molecule has 5 heteroatoms. The van der Waals surface area contributed by atoms with Crippen LogP contribution >= 0.6 is 0 Å². The van der Waals surface area contributed by atoms with E-state index in [1.54, 1.807) is 6.07 Å². The number of rotatable bonds is 3. The average Bonchev–Trinajstić information content (AvgIpc) is 2.41. The van der Waals surface area contributed by atoms with Gasteiger partial charge in [-0.25, -0.2) is 4.39 Å². The molecule has 1 aliphatic carbocycles. The number of aliphatic carboxylic acids is 1. The van der Waals surface area contributed by atoms with Gasteiger partial charge in [-0.3, -0.25) is 9.59 Å². The maximum atomic E-state index is 13.1. The van der Waals surface area contributed by atoms with Crippen LogP contribution in [0.1, 0.15) is 26.7 Å². The second kappa shape index (κ2) is 6.08. The van der Waals surface area contributed by atoms with Gasteiger partial charge in [0.2, 0.25) is 5.91 Å². The van der Waals surface area contributed by atoms with Crippen LogP contribution in [0.15, 0.2) is 35.4 Å². The Kier molecular flexibility index (Phi) is 4.40. The minimum Gasteiger partial charge on any atom is -0.481 e. The van der Waals surface area contributed by atoms with Crippen molar-refractivity contribution in [3.8, 4) is 0 Å². The summed E-state index contributed by atoms with van der Waals surface area (Å²) in [5.74, 6) is -3.16. The molecule has 112 valence electrons. The van der Waals surface area contributed by atoms with Crippen LogP contribution in [-0.4, -0.2) is 17.0 Å². The van der Waals surface area contributed by atoms with Crippen LogP contribution in [0.2, 0.25) is 0 Å². The average molecular weight is 291 g/mol. The van der Waals surface area contributed by atoms with Gasteiger partial charge in [0.15, 0.2) is 0 Å². The molecule has 0 saturated carbocycles. The van der Waals surface area contributed by atoms with E-state index >= 15 is 0 Å². The van der Waals surface area contributed by atoms with E-state index < -0.39 is 23.6 Å². The maximum Gasteiger partial charge on any atom is 0.307 e. The molecule has 0 radical (unpaired) electrons. The Morgan fingerprint density at radius 1 is 1.19 bits per heavy atom. The van der Waals surface area contributed by atoms with Crippen LogP contribution in [0, 0.1) is 17.7 Å². The van der Waals surface area contributed by atoms with Gasteiger partial charge < -0.3 is 10.4 Å². The lowest BCUT2D eigenvalue weighted by atomic mass is 9.76. The van der Waals surface area contributed by atoms with Crippen molar-refractivity contribution in [2.75, 3.05) is 5.32 Å². The van der Waals surface area contributed by atoms with Crippen LogP contribution in [0.4, 0.5) is 10.1 Å². The lowest BCUT2D eigenvalue weighted by Crippen LogP contribution is -2.36. The van der Waals surface area contributed by atoms with Crippen molar-refractivity contribution in [3.63, 3.8) is 0 Å². The quantitative estimate of drug-likeness (QED) is 0.840. The Bertz CT molecular complexity index is 609. The van der Waals surface area contributed by atoms with Crippen molar-refractivity contribution in [2.24, 2.45) is 11.8 Å². The lowest BCUT2D eigenvalue weighted by molar-refractivity contribution is -0.146. The predicted octanol–water partition coefficient (Wildman–Crippen LogP) is 3.21. The zero-order chi connectivity index (χ0) is 15.6. The Hall–Kier alpha value is -2.17. The summed E-state index contributed by atoms with van der Waals surface area (Å²) in [6.45, 7) is 3.81. The van der Waals surface area contributed by atoms with Gasteiger partial charge in [-0.05, 0) is 44.9 Å². The number of anilines is 1. The summed E-state index contributed by atoms with van der Waals surface area (Å²) in [5, 5.41) is 11.9. The van der Waals surface area contributed by atoms with Gasteiger partial charge in [-0.1, -0.05) is 17.2 Å². The van der Waals surface area contributed by atoms with Crippen molar-refractivity contribution >= 4 is 17.6 Å². The van der Waals surface area contributed by atoms with Crippen LogP contribution in [0.3, 0.4) is 0 Å². The first-order valence-corrected chi connectivity index (χ1v) is 6.83. The van der Waals surface area contributed by atoms with E-state index in [-0.39, 0.29) is 5.91 Å². The number of amides is 1. The van der Waals surface area contributed by atoms with Crippen molar-refractivity contribution in [3.05, 3.63) is 41.2 Å². The zero-order valence-electron chi connectivity index (χ0n) is 12.0. The first-order chi connectivity index (χ1) is 9.88. The van der Waals surface area contributed by atoms with Gasteiger partial charge in [-0.15, -0.1) is 0 Å². The summed E-state index contributed by atoms with van der Waals surface area (Å²) in [4.78, 5) is 23.7. The monoisotopic (exact) mass is 291 g/mol. The van der Waals surface area contributed by atoms with Crippen molar-refractivity contribution in [1.29, 1.82) is 0 Å². The molecule has 0 aliphatic heterocycles. The van der Waals surface area contributed by atoms with Crippen LogP contribution in [0.5, 0.6) is 0 Å². The van der Waals surface area contributed by atoms with Gasteiger partial charge in [0.05, 0.1) is 11.8 Å². The molecular weight excluding hydrogens is 273 g/mol. The molecule has 1 aromatic carbocycles. The molecule has 2 atom stereocenters. The number of carboxylic acids is 1. The van der Waals surface area contributed by atoms with E-state index in [2.05, 4.69) is 5.32 Å². The molecule has 0 saturated heterocycles. The number of halogens is 1. The molecule has 1 aromatic rings. The van der Waals surface area contributed by atoms with E-state index in [0.29, 0.717) is 18.5 Å². The third-order valence-electron chi connectivity index (χ3n) is 4.01. The molecule has 0 aromatic heterocycles. The van der Waals surface area contributed by atoms with Gasteiger partial charge >= 0.3 is 5.97 Å². The maximum absolute atomic E-state index is 13.1. The van der Waals surface area contributed by atoms with Gasteiger partial charge in [-0.2, -0.15) is 0 Å². The third kappa shape index (κ3) is 3.48. The fourth-order valence-corrected chi connectivity index (χ4v) is 2.63. The first kappa shape index (κ1) is 15.2. The molecule has 2 rings (SSSR count). The minimum atomic E-state index is -0.971. The Labute approximate surface area is 122 Å². The molecule has 0 fully saturated rings. The van der Waals surface area contributed by atoms with E-state index in [4.69, 9.17) is 0 Å². The molecule has 1 aliphatic rings. The number of nitrogens with one attached hydrogen (secondary N) is 1. The Balaban J connectivity index is 2.18. The number of benzene rings is 1. The molecule has 1 amide bonds. The zero-order valence-corrected chi connectivity index (χ0v) is 12.0. The Morgan fingerprint density at radius 3 is 2.38 bits per heavy atom.